The predicted molar refractivity (Wildman–Crippen MR) is 103 cm³/mol. The molecular formula is C19H19FN2O5S. The minimum absolute atomic E-state index is 0.0178. The molecule has 0 aliphatic heterocycles. The monoisotopic (exact) mass is 406 g/mol. The first-order valence-corrected chi connectivity index (χ1v) is 9.54. The molecule has 2 rings (SSSR count). The second-order valence-electron chi connectivity index (χ2n) is 5.97. The van der Waals surface area contributed by atoms with Gasteiger partial charge in [0.05, 0.1) is 21.4 Å². The fourth-order valence-corrected chi connectivity index (χ4v) is 2.95. The molecule has 0 aromatic heterocycles. The van der Waals surface area contributed by atoms with E-state index in [1.54, 1.807) is 25.3 Å². The van der Waals surface area contributed by atoms with Crippen molar-refractivity contribution in [3.8, 4) is 0 Å². The van der Waals surface area contributed by atoms with Gasteiger partial charge < -0.3 is 10.1 Å². The number of halogens is 1. The van der Waals surface area contributed by atoms with Gasteiger partial charge in [-0.1, -0.05) is 12.1 Å². The smallest absolute Gasteiger partial charge is 0.339 e. The number of nitrogens with one attached hydrogen (secondary N) is 1. The van der Waals surface area contributed by atoms with Crippen LogP contribution in [0.4, 0.5) is 10.1 Å². The molecule has 148 valence electrons. The van der Waals surface area contributed by atoms with Crippen LogP contribution < -0.4 is 5.32 Å². The molecule has 0 aliphatic rings. The van der Waals surface area contributed by atoms with Crippen LogP contribution in [0.25, 0.3) is 0 Å². The molecule has 2 aromatic rings. The predicted octanol–water partition coefficient (Wildman–Crippen LogP) is 3.88. The van der Waals surface area contributed by atoms with Gasteiger partial charge in [0.1, 0.15) is 5.82 Å². The summed E-state index contributed by atoms with van der Waals surface area (Å²) in [7, 11) is 0. The number of thioether (sulfide) groups is 1. The molecule has 28 heavy (non-hydrogen) atoms. The van der Waals surface area contributed by atoms with Crippen molar-refractivity contribution in [1.29, 1.82) is 0 Å². The lowest BCUT2D eigenvalue weighted by atomic mass is 10.1. The maximum atomic E-state index is 13.0. The highest BCUT2D eigenvalue weighted by atomic mass is 32.2. The maximum absolute atomic E-state index is 13.0. The van der Waals surface area contributed by atoms with Gasteiger partial charge in [-0.15, -0.1) is 11.8 Å². The highest BCUT2D eigenvalue weighted by Crippen LogP contribution is 2.28. The molecule has 7 nitrogen and oxygen atoms in total. The van der Waals surface area contributed by atoms with Gasteiger partial charge in [-0.2, -0.15) is 0 Å². The summed E-state index contributed by atoms with van der Waals surface area (Å²) in [5, 5.41) is 13.8. The number of benzene rings is 2. The molecule has 2 atom stereocenters. The van der Waals surface area contributed by atoms with Crippen molar-refractivity contribution < 1.29 is 23.6 Å². The summed E-state index contributed by atoms with van der Waals surface area (Å²) >= 11 is 1.19. The summed E-state index contributed by atoms with van der Waals surface area (Å²) in [6.45, 7) is 3.11. The molecule has 1 N–H and O–H groups in total. The van der Waals surface area contributed by atoms with Crippen molar-refractivity contribution in [2.75, 3.05) is 6.26 Å². The summed E-state index contributed by atoms with van der Waals surface area (Å²) in [5.74, 6) is -1.76. The molecule has 0 radical (unpaired) electrons. The molecule has 9 heteroatoms. The van der Waals surface area contributed by atoms with Crippen LogP contribution in [0.5, 0.6) is 0 Å². The Balaban J connectivity index is 2.03. The minimum Gasteiger partial charge on any atom is -0.449 e. The molecule has 0 fully saturated rings. The molecule has 0 unspecified atom stereocenters. The maximum Gasteiger partial charge on any atom is 0.339 e. The zero-order chi connectivity index (χ0) is 20.8. The summed E-state index contributed by atoms with van der Waals surface area (Å²) in [6.07, 6.45) is 0.573. The lowest BCUT2D eigenvalue weighted by Gasteiger charge is -2.18. The summed E-state index contributed by atoms with van der Waals surface area (Å²) in [6, 6.07) is 9.23. The first-order chi connectivity index (χ1) is 13.2. The normalized spacial score (nSPS) is 12.7. The molecule has 0 heterocycles. The van der Waals surface area contributed by atoms with Gasteiger partial charge in [0.15, 0.2) is 6.10 Å². The second-order valence-corrected chi connectivity index (χ2v) is 6.82. The Morgan fingerprint density at radius 2 is 1.82 bits per heavy atom. The van der Waals surface area contributed by atoms with Crippen molar-refractivity contribution in [1.82, 2.24) is 5.32 Å². The van der Waals surface area contributed by atoms with Crippen LogP contribution in [0, 0.1) is 15.9 Å². The zero-order valence-corrected chi connectivity index (χ0v) is 16.3. The quantitative estimate of drug-likeness (QED) is 0.324. The molecule has 0 bridgehead atoms. The van der Waals surface area contributed by atoms with Gasteiger partial charge in [0, 0.05) is 6.07 Å². The molecule has 2 aromatic carbocycles. The third-order valence-corrected chi connectivity index (χ3v) is 4.78. The molecular weight excluding hydrogens is 387 g/mol. The van der Waals surface area contributed by atoms with E-state index >= 15 is 0 Å². The summed E-state index contributed by atoms with van der Waals surface area (Å²) in [5.41, 5.74) is 0.469. The summed E-state index contributed by atoms with van der Waals surface area (Å²) < 4.78 is 18.1. The van der Waals surface area contributed by atoms with Crippen LogP contribution in [0.1, 0.15) is 35.8 Å². The third-order valence-electron chi connectivity index (χ3n) is 3.99. The number of ether oxygens (including phenoxy) is 1. The van der Waals surface area contributed by atoms with E-state index < -0.39 is 28.9 Å². The second kappa shape index (κ2) is 9.32. The van der Waals surface area contributed by atoms with Crippen molar-refractivity contribution in [2.24, 2.45) is 0 Å². The van der Waals surface area contributed by atoms with E-state index in [0.29, 0.717) is 10.5 Å². The topological polar surface area (TPSA) is 98.5 Å². The van der Waals surface area contributed by atoms with E-state index in [4.69, 9.17) is 4.74 Å². The van der Waals surface area contributed by atoms with Gasteiger partial charge in [-0.3, -0.25) is 14.9 Å². The number of carbonyl (C=O) groups is 2. The van der Waals surface area contributed by atoms with Crippen LogP contribution in [0.15, 0.2) is 47.4 Å². The Morgan fingerprint density at radius 1 is 1.18 bits per heavy atom. The number of hydrogen-bond acceptors (Lipinski definition) is 6. The summed E-state index contributed by atoms with van der Waals surface area (Å²) in [4.78, 5) is 35.5. The highest BCUT2D eigenvalue weighted by molar-refractivity contribution is 7.98. The number of rotatable bonds is 7. The van der Waals surface area contributed by atoms with Crippen LogP contribution in [0.2, 0.25) is 0 Å². The standard InChI is InChI=1S/C19H19FN2O5S/c1-11(13-4-7-15(20)8-5-13)21-18(23)12(2)27-19(24)14-6-9-17(28-3)16(10-14)22(25)26/h4-12H,1-3H3,(H,21,23)/t11-,12+/m0/s1. The number of carbonyl (C=O) groups excluding carboxylic acids is 2. The van der Waals surface area contributed by atoms with Gasteiger partial charge in [-0.25, -0.2) is 9.18 Å². The zero-order valence-electron chi connectivity index (χ0n) is 15.5. The van der Waals surface area contributed by atoms with E-state index in [0.717, 1.165) is 6.07 Å². The van der Waals surface area contributed by atoms with Crippen molar-refractivity contribution in [3.05, 3.63) is 69.5 Å². The number of hydrogen-bond donors (Lipinski definition) is 1. The van der Waals surface area contributed by atoms with Crippen LogP contribution in [-0.2, 0) is 9.53 Å². The molecule has 1 amide bonds. The Hall–Kier alpha value is -2.94. The Labute approximate surface area is 165 Å². The number of nitro groups is 1. The number of nitrogens with zero attached hydrogens (tertiary/aromatic N) is 1. The minimum atomic E-state index is -1.12. The fourth-order valence-electron chi connectivity index (χ4n) is 2.41. The first-order valence-electron chi connectivity index (χ1n) is 8.32. The van der Waals surface area contributed by atoms with Crippen molar-refractivity contribution >= 4 is 29.3 Å². The average molecular weight is 406 g/mol. The molecule has 0 saturated heterocycles. The van der Waals surface area contributed by atoms with Crippen molar-refractivity contribution in [3.63, 3.8) is 0 Å². The highest BCUT2D eigenvalue weighted by Gasteiger charge is 2.23. The van der Waals surface area contributed by atoms with E-state index in [9.17, 15) is 24.1 Å². The van der Waals surface area contributed by atoms with E-state index in [2.05, 4.69) is 5.32 Å². The van der Waals surface area contributed by atoms with Crippen molar-refractivity contribution in [2.45, 2.75) is 30.9 Å². The molecule has 0 aliphatic carbocycles. The lowest BCUT2D eigenvalue weighted by Crippen LogP contribution is -2.37. The van der Waals surface area contributed by atoms with Crippen LogP contribution in [-0.4, -0.2) is 29.2 Å². The van der Waals surface area contributed by atoms with Gasteiger partial charge in [0.25, 0.3) is 11.6 Å². The number of nitro benzene ring substituents is 1. The van der Waals surface area contributed by atoms with Crippen LogP contribution >= 0.6 is 11.8 Å². The molecule has 0 spiro atoms. The lowest BCUT2D eigenvalue weighted by molar-refractivity contribution is -0.387. The Bertz CT molecular complexity index is 888. The fraction of sp³-hybridized carbons (Fsp3) is 0.263. The van der Waals surface area contributed by atoms with E-state index in [1.165, 1.54) is 43.0 Å². The average Bonchev–Trinajstić information content (AvgIpc) is 2.67. The Kier molecular flexibility index (Phi) is 7.11. The third kappa shape index (κ3) is 5.29. The van der Waals surface area contributed by atoms with Gasteiger partial charge >= 0.3 is 5.97 Å². The molecule has 0 saturated carbocycles. The SMILES string of the molecule is CSc1ccc(C(=O)O[C@H](C)C(=O)N[C@@H](C)c2ccc(F)cc2)cc1[N+](=O)[O-]. The van der Waals surface area contributed by atoms with Crippen LogP contribution in [0.3, 0.4) is 0 Å². The number of amides is 1. The largest absolute Gasteiger partial charge is 0.449 e. The number of esters is 1. The van der Waals surface area contributed by atoms with E-state index in [1.807, 2.05) is 0 Å². The van der Waals surface area contributed by atoms with Gasteiger partial charge in [0.2, 0.25) is 0 Å². The Morgan fingerprint density at radius 3 is 2.39 bits per heavy atom. The first kappa shape index (κ1) is 21.4. The van der Waals surface area contributed by atoms with E-state index in [-0.39, 0.29) is 17.1 Å². The van der Waals surface area contributed by atoms with Gasteiger partial charge in [-0.05, 0) is 49.9 Å².